The maximum Gasteiger partial charge on any atom is 0.0658 e. The number of hydrogen-bond donors (Lipinski definition) is 2. The van der Waals surface area contributed by atoms with E-state index in [0.717, 1.165) is 51.3 Å². The Morgan fingerprint density at radius 3 is 1.86 bits per heavy atom. The number of unbranched alkanes of at least 4 members (excludes halogenated alkanes) is 2. The van der Waals surface area contributed by atoms with Gasteiger partial charge in [0.1, 0.15) is 0 Å². The van der Waals surface area contributed by atoms with Gasteiger partial charge in [-0.2, -0.15) is 0 Å². The maximum absolute atomic E-state index is 4.77. The Bertz CT molecular complexity index is 1270. The minimum atomic E-state index is 0.951. The number of aromatic amines is 2. The number of H-pyrrole nitrogens is 2. The van der Waals surface area contributed by atoms with Crippen LogP contribution < -0.4 is 0 Å². The van der Waals surface area contributed by atoms with Gasteiger partial charge in [-0.1, -0.05) is 19.8 Å². The zero-order valence-corrected chi connectivity index (χ0v) is 16.6. The number of fused-ring (bicyclic) bond motifs is 8. The van der Waals surface area contributed by atoms with Crippen molar-refractivity contribution in [2.75, 3.05) is 0 Å². The average Bonchev–Trinajstić information content (AvgIpc) is 3.47. The third-order valence-electron chi connectivity index (χ3n) is 5.30. The predicted molar refractivity (Wildman–Crippen MR) is 122 cm³/mol. The van der Waals surface area contributed by atoms with Crippen LogP contribution in [0.1, 0.15) is 54.5 Å². The molecule has 144 valence electrons. The molecule has 2 N–H and O–H groups in total. The van der Waals surface area contributed by atoms with Gasteiger partial charge in [-0.15, -0.1) is 0 Å². The molecule has 0 spiro atoms. The van der Waals surface area contributed by atoms with Gasteiger partial charge in [0, 0.05) is 22.1 Å². The molecule has 5 rings (SSSR count). The second-order valence-electron chi connectivity index (χ2n) is 7.66. The van der Waals surface area contributed by atoms with E-state index in [1.807, 2.05) is 0 Å². The Labute approximate surface area is 170 Å². The second kappa shape index (κ2) is 7.55. The summed E-state index contributed by atoms with van der Waals surface area (Å²) in [6, 6.07) is 14.8. The van der Waals surface area contributed by atoms with E-state index in [2.05, 4.69) is 83.7 Å². The van der Waals surface area contributed by atoms with Gasteiger partial charge in [-0.25, -0.2) is 9.97 Å². The van der Waals surface area contributed by atoms with E-state index < -0.39 is 0 Å². The van der Waals surface area contributed by atoms with Gasteiger partial charge >= 0.3 is 0 Å². The molecule has 4 heteroatoms. The third-order valence-corrected chi connectivity index (χ3v) is 5.30. The first kappa shape index (κ1) is 17.7. The molecule has 8 bridgehead atoms. The van der Waals surface area contributed by atoms with Crippen molar-refractivity contribution in [1.82, 2.24) is 19.9 Å². The first-order chi connectivity index (χ1) is 14.2. The summed E-state index contributed by atoms with van der Waals surface area (Å²) in [5, 5.41) is 0. The van der Waals surface area contributed by atoms with Gasteiger partial charge in [0.25, 0.3) is 0 Å². The van der Waals surface area contributed by atoms with Crippen LogP contribution in [0, 0.1) is 0 Å². The summed E-state index contributed by atoms with van der Waals surface area (Å²) in [6.45, 7) is 2.24. The lowest BCUT2D eigenvalue weighted by Gasteiger charge is -1.97. The largest absolute Gasteiger partial charge is 0.355 e. The Balaban J connectivity index is 1.74. The Hall–Kier alpha value is -3.40. The van der Waals surface area contributed by atoms with Crippen LogP contribution in [0.15, 0.2) is 42.5 Å². The fourth-order valence-corrected chi connectivity index (χ4v) is 3.85. The van der Waals surface area contributed by atoms with Crippen LogP contribution in [0.2, 0.25) is 0 Å². The van der Waals surface area contributed by atoms with E-state index in [4.69, 9.17) is 9.97 Å². The molecule has 4 nitrogen and oxygen atoms in total. The molecule has 0 saturated carbocycles. The lowest BCUT2D eigenvalue weighted by molar-refractivity contribution is 0.720. The molecule has 0 aromatic carbocycles. The van der Waals surface area contributed by atoms with Gasteiger partial charge in [0.2, 0.25) is 0 Å². The molecule has 3 aromatic rings. The number of hydrogen-bond acceptors (Lipinski definition) is 2. The Kier molecular flexibility index (Phi) is 4.60. The minimum absolute atomic E-state index is 0.951. The number of aromatic nitrogens is 4. The minimum Gasteiger partial charge on any atom is -0.355 e. The fourth-order valence-electron chi connectivity index (χ4n) is 3.85. The summed E-state index contributed by atoms with van der Waals surface area (Å²) in [4.78, 5) is 16.5. The SMILES string of the molecule is CCCCCc1cc2cc3nc(cc4ccc(cc5nc(cc1[nH]2)C=C5)[nH]4)C=C3. The van der Waals surface area contributed by atoms with Crippen LogP contribution in [0.3, 0.4) is 0 Å². The number of rotatable bonds is 4. The molecule has 2 aliphatic heterocycles. The highest BCUT2D eigenvalue weighted by Gasteiger charge is 2.05. The predicted octanol–water partition coefficient (Wildman–Crippen LogP) is 6.39. The van der Waals surface area contributed by atoms with Crippen molar-refractivity contribution < 1.29 is 0 Å². The normalized spacial score (nSPS) is 12.6. The number of nitrogens with zero attached hydrogens (tertiary/aromatic N) is 2. The molecule has 29 heavy (non-hydrogen) atoms. The van der Waals surface area contributed by atoms with Crippen molar-refractivity contribution in [3.8, 4) is 0 Å². The summed E-state index contributed by atoms with van der Waals surface area (Å²) < 4.78 is 0. The molecular formula is C25H24N4. The molecule has 0 radical (unpaired) electrons. The molecule has 0 amide bonds. The molecule has 0 aliphatic carbocycles. The van der Waals surface area contributed by atoms with E-state index in [0.29, 0.717) is 0 Å². The summed E-state index contributed by atoms with van der Waals surface area (Å²) in [5.41, 5.74) is 9.48. The molecule has 0 atom stereocenters. The number of nitrogens with one attached hydrogen (secondary N) is 2. The van der Waals surface area contributed by atoms with Gasteiger partial charge < -0.3 is 9.97 Å². The molecular weight excluding hydrogens is 356 g/mol. The Morgan fingerprint density at radius 1 is 0.655 bits per heavy atom. The first-order valence-electron chi connectivity index (χ1n) is 10.3. The summed E-state index contributed by atoms with van der Waals surface area (Å²) >= 11 is 0. The highest BCUT2D eigenvalue weighted by molar-refractivity contribution is 5.78. The second-order valence-corrected chi connectivity index (χ2v) is 7.66. The molecule has 0 unspecified atom stereocenters. The Morgan fingerprint density at radius 2 is 1.24 bits per heavy atom. The summed E-state index contributed by atoms with van der Waals surface area (Å²) in [7, 11) is 0. The van der Waals surface area contributed by atoms with Gasteiger partial charge in [0.15, 0.2) is 0 Å². The third kappa shape index (κ3) is 3.92. The average molecular weight is 380 g/mol. The van der Waals surface area contributed by atoms with Crippen LogP contribution >= 0.6 is 0 Å². The van der Waals surface area contributed by atoms with E-state index in [-0.39, 0.29) is 0 Å². The van der Waals surface area contributed by atoms with Crippen molar-refractivity contribution in [2.24, 2.45) is 0 Å². The van der Waals surface area contributed by atoms with Gasteiger partial charge in [-0.05, 0) is 85.2 Å². The quantitative estimate of drug-likeness (QED) is 0.355. The van der Waals surface area contributed by atoms with Crippen LogP contribution in [-0.2, 0) is 6.42 Å². The maximum atomic E-state index is 4.77. The first-order valence-corrected chi connectivity index (χ1v) is 10.3. The standard InChI is InChI=1S/C25H24N4/c1-2-3-4-5-17-12-24-15-22-9-8-20(27-22)13-18-6-7-19(26-18)14-21-10-11-23(28-21)16-25(17)29-24/h6-16,26,29H,2-5H2,1H3. The van der Waals surface area contributed by atoms with Crippen LogP contribution in [-0.4, -0.2) is 19.9 Å². The lowest BCUT2D eigenvalue weighted by Crippen LogP contribution is -1.83. The molecule has 0 saturated heterocycles. The summed E-state index contributed by atoms with van der Waals surface area (Å²) in [5.74, 6) is 0. The van der Waals surface area contributed by atoms with Gasteiger partial charge in [-0.3, -0.25) is 0 Å². The van der Waals surface area contributed by atoms with E-state index in [1.165, 1.54) is 24.8 Å². The van der Waals surface area contributed by atoms with E-state index in [9.17, 15) is 0 Å². The van der Waals surface area contributed by atoms with Crippen molar-refractivity contribution in [1.29, 1.82) is 0 Å². The van der Waals surface area contributed by atoms with Crippen molar-refractivity contribution >= 4 is 46.4 Å². The smallest absolute Gasteiger partial charge is 0.0658 e. The fraction of sp³-hybridized carbons (Fsp3) is 0.200. The van der Waals surface area contributed by atoms with Crippen molar-refractivity contribution in [2.45, 2.75) is 32.6 Å². The van der Waals surface area contributed by atoms with Crippen molar-refractivity contribution in [3.63, 3.8) is 0 Å². The monoisotopic (exact) mass is 380 g/mol. The highest BCUT2D eigenvalue weighted by atomic mass is 14.8. The number of aryl methyl sites for hydroxylation is 1. The van der Waals surface area contributed by atoms with Crippen LogP contribution in [0.4, 0.5) is 0 Å². The van der Waals surface area contributed by atoms with E-state index in [1.54, 1.807) is 0 Å². The van der Waals surface area contributed by atoms with Crippen molar-refractivity contribution in [3.05, 3.63) is 70.8 Å². The molecule has 5 heterocycles. The molecule has 0 fully saturated rings. The van der Waals surface area contributed by atoms with Crippen LogP contribution in [0.5, 0.6) is 0 Å². The highest BCUT2D eigenvalue weighted by Crippen LogP contribution is 2.21. The lowest BCUT2D eigenvalue weighted by atomic mass is 10.1. The van der Waals surface area contributed by atoms with E-state index >= 15 is 0 Å². The van der Waals surface area contributed by atoms with Gasteiger partial charge in [0.05, 0.1) is 22.8 Å². The zero-order valence-electron chi connectivity index (χ0n) is 16.6. The zero-order chi connectivity index (χ0) is 19.6. The molecule has 3 aromatic heterocycles. The topological polar surface area (TPSA) is 57.4 Å². The molecule has 2 aliphatic rings. The summed E-state index contributed by atoms with van der Waals surface area (Å²) in [6.07, 6.45) is 13.0. The van der Waals surface area contributed by atoms with Crippen LogP contribution in [0.25, 0.3) is 46.4 Å².